The molecule has 2 N–H and O–H groups in total. The topological polar surface area (TPSA) is 32.5 Å². The molecular weight excluding hydrogens is 294 g/mol. The highest BCUT2D eigenvalue weighted by Gasteiger charge is 2.45. The zero-order valence-electron chi connectivity index (χ0n) is 15.6. The molecule has 2 atom stereocenters. The van der Waals surface area contributed by atoms with Gasteiger partial charge >= 0.3 is 0 Å². The second kappa shape index (κ2) is 7.99. The smallest absolute Gasteiger partial charge is 0.0473 e. The van der Waals surface area contributed by atoms with Crippen molar-refractivity contribution in [1.29, 1.82) is 0 Å². The van der Waals surface area contributed by atoms with Crippen molar-refractivity contribution < 1.29 is 0 Å². The highest BCUT2D eigenvalue weighted by atomic mass is 15.3. The number of rotatable bonds is 5. The van der Waals surface area contributed by atoms with Gasteiger partial charge in [0.1, 0.15) is 0 Å². The largest absolute Gasteiger partial charge is 0.329 e. The average molecular weight is 330 g/mol. The second-order valence-corrected chi connectivity index (χ2v) is 8.13. The van der Waals surface area contributed by atoms with E-state index in [4.69, 9.17) is 5.73 Å². The molecule has 1 aromatic carbocycles. The molecule has 2 aliphatic rings. The lowest BCUT2D eigenvalue weighted by molar-refractivity contribution is 0.0729. The minimum atomic E-state index is 0.156. The van der Waals surface area contributed by atoms with Crippen molar-refractivity contribution in [3.63, 3.8) is 0 Å². The summed E-state index contributed by atoms with van der Waals surface area (Å²) in [5.41, 5.74) is 7.93. The highest BCUT2D eigenvalue weighted by Crippen LogP contribution is 2.35. The Kier molecular flexibility index (Phi) is 5.96. The van der Waals surface area contributed by atoms with Gasteiger partial charge in [-0.3, -0.25) is 9.80 Å². The number of nitrogens with two attached hydrogens (primary N) is 1. The monoisotopic (exact) mass is 329 g/mol. The van der Waals surface area contributed by atoms with Crippen LogP contribution in [0.1, 0.15) is 57.4 Å². The van der Waals surface area contributed by atoms with Crippen molar-refractivity contribution >= 4 is 0 Å². The Morgan fingerprint density at radius 2 is 1.79 bits per heavy atom. The summed E-state index contributed by atoms with van der Waals surface area (Å²) in [5, 5.41) is 0. The Morgan fingerprint density at radius 1 is 1.12 bits per heavy atom. The summed E-state index contributed by atoms with van der Waals surface area (Å²) in [6.45, 7) is 5.30. The fraction of sp³-hybridized carbons (Fsp3) is 0.714. The third kappa shape index (κ3) is 3.84. The van der Waals surface area contributed by atoms with Crippen molar-refractivity contribution in [2.45, 2.75) is 76.0 Å². The molecule has 1 aromatic rings. The van der Waals surface area contributed by atoms with Gasteiger partial charge in [0, 0.05) is 37.3 Å². The van der Waals surface area contributed by atoms with Gasteiger partial charge in [0.25, 0.3) is 0 Å². The first-order chi connectivity index (χ1) is 11.6. The summed E-state index contributed by atoms with van der Waals surface area (Å²) in [6.07, 6.45) is 9.50. The van der Waals surface area contributed by atoms with Crippen molar-refractivity contribution in [2.24, 2.45) is 5.73 Å². The highest BCUT2D eigenvalue weighted by molar-refractivity contribution is 5.16. The van der Waals surface area contributed by atoms with Gasteiger partial charge in [-0.25, -0.2) is 0 Å². The molecule has 1 saturated carbocycles. The molecule has 3 nitrogen and oxygen atoms in total. The predicted octanol–water partition coefficient (Wildman–Crippen LogP) is 3.63. The minimum Gasteiger partial charge on any atom is -0.329 e. The average Bonchev–Trinajstić information content (AvgIpc) is 2.79. The molecule has 0 radical (unpaired) electrons. The fourth-order valence-electron chi connectivity index (χ4n) is 4.89. The molecule has 2 fully saturated rings. The molecule has 134 valence electrons. The molecule has 3 rings (SSSR count). The molecule has 1 heterocycles. The van der Waals surface area contributed by atoms with E-state index in [0.29, 0.717) is 6.04 Å². The van der Waals surface area contributed by atoms with Crippen LogP contribution in [0.4, 0.5) is 0 Å². The molecule has 2 unspecified atom stereocenters. The van der Waals surface area contributed by atoms with Crippen LogP contribution < -0.4 is 5.73 Å². The van der Waals surface area contributed by atoms with E-state index in [9.17, 15) is 0 Å². The van der Waals surface area contributed by atoms with Crippen LogP contribution in [-0.2, 0) is 6.54 Å². The molecule has 0 bridgehead atoms. The number of likely N-dealkylation sites (tertiary alicyclic amines) is 1. The van der Waals surface area contributed by atoms with Crippen LogP contribution in [-0.4, -0.2) is 47.6 Å². The Balaban J connectivity index is 1.70. The maximum absolute atomic E-state index is 6.36. The Bertz CT molecular complexity index is 495. The fourth-order valence-corrected chi connectivity index (χ4v) is 4.89. The van der Waals surface area contributed by atoms with Gasteiger partial charge in [-0.2, -0.15) is 0 Å². The number of likely N-dealkylation sites (N-methyl/N-ethyl adjacent to an activating group) is 1. The maximum Gasteiger partial charge on any atom is 0.0473 e. The molecule has 24 heavy (non-hydrogen) atoms. The minimum absolute atomic E-state index is 0.156. The van der Waals surface area contributed by atoms with Crippen LogP contribution in [0.25, 0.3) is 0 Å². The van der Waals surface area contributed by atoms with E-state index in [-0.39, 0.29) is 5.54 Å². The van der Waals surface area contributed by atoms with E-state index < -0.39 is 0 Å². The Hall–Kier alpha value is -0.900. The molecule has 1 aliphatic heterocycles. The SMILES string of the molecule is CC1CC(CN)(N(C)C2CCCCCC2)CN1Cc1ccccc1. The molecule has 0 spiro atoms. The lowest BCUT2D eigenvalue weighted by Crippen LogP contribution is -2.57. The third-order valence-electron chi connectivity index (χ3n) is 6.53. The van der Waals surface area contributed by atoms with E-state index in [1.807, 2.05) is 0 Å². The van der Waals surface area contributed by atoms with Crippen LogP contribution in [0, 0.1) is 0 Å². The standard InChI is InChI=1S/C21H35N3/c1-18-14-21(16-22,23(2)20-12-8-3-4-9-13-20)17-24(18)15-19-10-6-5-7-11-19/h5-7,10-11,18,20H,3-4,8-9,12-17,22H2,1-2H3. The lowest BCUT2D eigenvalue weighted by Gasteiger charge is -2.43. The number of hydrogen-bond donors (Lipinski definition) is 1. The van der Waals surface area contributed by atoms with Gasteiger partial charge in [0.05, 0.1) is 0 Å². The van der Waals surface area contributed by atoms with Crippen LogP contribution in [0.3, 0.4) is 0 Å². The summed E-state index contributed by atoms with van der Waals surface area (Å²) in [6, 6.07) is 12.2. The van der Waals surface area contributed by atoms with Crippen molar-refractivity contribution in [1.82, 2.24) is 9.80 Å². The van der Waals surface area contributed by atoms with Crippen molar-refractivity contribution in [3.05, 3.63) is 35.9 Å². The Labute approximate surface area is 148 Å². The predicted molar refractivity (Wildman–Crippen MR) is 102 cm³/mol. The zero-order chi connectivity index (χ0) is 17.0. The van der Waals surface area contributed by atoms with Crippen LogP contribution in [0.5, 0.6) is 0 Å². The summed E-state index contributed by atoms with van der Waals surface area (Å²) < 4.78 is 0. The van der Waals surface area contributed by atoms with Gasteiger partial charge in [-0.1, -0.05) is 56.0 Å². The summed E-state index contributed by atoms with van der Waals surface area (Å²) in [4.78, 5) is 5.31. The first-order valence-electron chi connectivity index (χ1n) is 9.85. The van der Waals surface area contributed by atoms with Gasteiger partial charge in [0.15, 0.2) is 0 Å². The number of hydrogen-bond acceptors (Lipinski definition) is 3. The van der Waals surface area contributed by atoms with Crippen LogP contribution in [0.2, 0.25) is 0 Å². The normalized spacial score (nSPS) is 29.9. The molecule has 3 heteroatoms. The van der Waals surface area contributed by atoms with Gasteiger partial charge < -0.3 is 5.73 Å². The van der Waals surface area contributed by atoms with Gasteiger partial charge in [-0.15, -0.1) is 0 Å². The van der Waals surface area contributed by atoms with E-state index in [1.54, 1.807) is 0 Å². The maximum atomic E-state index is 6.36. The Morgan fingerprint density at radius 3 is 2.42 bits per heavy atom. The first-order valence-corrected chi connectivity index (χ1v) is 9.85. The molecule has 1 aliphatic carbocycles. The summed E-state index contributed by atoms with van der Waals surface area (Å²) >= 11 is 0. The molecule has 0 amide bonds. The van der Waals surface area contributed by atoms with E-state index in [1.165, 1.54) is 50.5 Å². The second-order valence-electron chi connectivity index (χ2n) is 8.13. The van der Waals surface area contributed by atoms with E-state index in [0.717, 1.165) is 25.7 Å². The van der Waals surface area contributed by atoms with Gasteiger partial charge in [-0.05, 0) is 38.8 Å². The third-order valence-corrected chi connectivity index (χ3v) is 6.53. The summed E-state index contributed by atoms with van der Waals surface area (Å²) in [7, 11) is 2.35. The lowest BCUT2D eigenvalue weighted by atomic mass is 9.91. The van der Waals surface area contributed by atoms with E-state index >= 15 is 0 Å². The van der Waals surface area contributed by atoms with Crippen molar-refractivity contribution in [3.8, 4) is 0 Å². The van der Waals surface area contributed by atoms with Crippen LogP contribution >= 0.6 is 0 Å². The quantitative estimate of drug-likeness (QED) is 0.837. The molecule has 0 aromatic heterocycles. The first kappa shape index (κ1) is 17.9. The summed E-state index contributed by atoms with van der Waals surface area (Å²) in [5.74, 6) is 0. The van der Waals surface area contributed by atoms with Crippen molar-refractivity contribution in [2.75, 3.05) is 20.1 Å². The number of benzene rings is 1. The zero-order valence-corrected chi connectivity index (χ0v) is 15.6. The van der Waals surface area contributed by atoms with Crippen LogP contribution in [0.15, 0.2) is 30.3 Å². The van der Waals surface area contributed by atoms with E-state index in [2.05, 4.69) is 54.1 Å². The molecular formula is C21H35N3. The molecule has 1 saturated heterocycles. The number of nitrogens with zero attached hydrogens (tertiary/aromatic N) is 2. The van der Waals surface area contributed by atoms with Gasteiger partial charge in [0.2, 0.25) is 0 Å².